The molecular formula is C27H31Cl2NO6. The summed E-state index contributed by atoms with van der Waals surface area (Å²) >= 11 is 12.4. The van der Waals surface area contributed by atoms with Crippen LogP contribution in [0.25, 0.3) is 0 Å². The molecule has 1 aliphatic heterocycles. The molecule has 1 fully saturated rings. The smallest absolute Gasteiger partial charge is 0.329 e. The van der Waals surface area contributed by atoms with Gasteiger partial charge < -0.3 is 19.1 Å². The molecule has 1 aliphatic rings. The highest BCUT2D eigenvalue weighted by atomic mass is 35.5. The summed E-state index contributed by atoms with van der Waals surface area (Å²) in [6.45, 7) is 7.11. The maximum absolute atomic E-state index is 13.9. The summed E-state index contributed by atoms with van der Waals surface area (Å²) in [4.78, 5) is 40.9. The SMILES string of the molecule is CC[C@H](C(=O)OC(C)(C)C)N1C(=O)[C@H](CC(=O)OC)O[C@H](c2cccc(Cl)c2)[C@H]1c1ccc(Cl)cc1. The van der Waals surface area contributed by atoms with Crippen LogP contribution in [0.1, 0.15) is 63.8 Å². The fraction of sp³-hybridized carbons (Fsp3) is 0.444. The van der Waals surface area contributed by atoms with Gasteiger partial charge in [0.1, 0.15) is 23.9 Å². The van der Waals surface area contributed by atoms with E-state index in [4.69, 9.17) is 37.4 Å². The van der Waals surface area contributed by atoms with Crippen molar-refractivity contribution in [2.75, 3.05) is 7.11 Å². The molecule has 2 aromatic carbocycles. The Morgan fingerprint density at radius 2 is 1.72 bits per heavy atom. The first kappa shape index (κ1) is 28.0. The fourth-order valence-corrected chi connectivity index (χ4v) is 4.59. The Morgan fingerprint density at radius 1 is 1.06 bits per heavy atom. The standard InChI is InChI=1S/C27H31Cl2NO6/c1-6-20(26(33)36-27(2,3)4)30-23(16-10-12-18(28)13-11-16)24(17-8-7-9-19(29)14-17)35-21(25(30)32)15-22(31)34-5/h7-14,20-21,23-24H,6,15H2,1-5H3/t20-,21+,23-,24-/m1/s1. The van der Waals surface area contributed by atoms with E-state index < -0.39 is 47.7 Å². The van der Waals surface area contributed by atoms with Gasteiger partial charge in [-0.2, -0.15) is 0 Å². The lowest BCUT2D eigenvalue weighted by Gasteiger charge is -2.47. The van der Waals surface area contributed by atoms with E-state index in [1.807, 2.05) is 6.07 Å². The fourth-order valence-electron chi connectivity index (χ4n) is 4.26. The number of methoxy groups -OCH3 is 1. The number of morpholine rings is 1. The Kier molecular flexibility index (Phi) is 9.03. The molecule has 194 valence electrons. The van der Waals surface area contributed by atoms with Gasteiger partial charge in [-0.3, -0.25) is 9.59 Å². The zero-order valence-electron chi connectivity index (χ0n) is 21.0. The van der Waals surface area contributed by atoms with Crippen LogP contribution in [0, 0.1) is 0 Å². The van der Waals surface area contributed by atoms with E-state index in [2.05, 4.69) is 0 Å². The molecule has 0 aliphatic carbocycles. The molecule has 1 heterocycles. The number of carbonyl (C=O) groups is 3. The quantitative estimate of drug-likeness (QED) is 0.423. The average molecular weight is 536 g/mol. The number of hydrogen-bond donors (Lipinski definition) is 0. The van der Waals surface area contributed by atoms with Crippen LogP contribution in [0.4, 0.5) is 0 Å². The normalized spacial score (nSPS) is 21.1. The minimum Gasteiger partial charge on any atom is -0.469 e. The lowest BCUT2D eigenvalue weighted by Crippen LogP contribution is -2.57. The van der Waals surface area contributed by atoms with Gasteiger partial charge in [-0.25, -0.2) is 4.79 Å². The Labute approximate surface area is 221 Å². The van der Waals surface area contributed by atoms with Gasteiger partial charge in [-0.1, -0.05) is 54.4 Å². The van der Waals surface area contributed by atoms with Gasteiger partial charge in [-0.05, 0) is 62.6 Å². The molecule has 36 heavy (non-hydrogen) atoms. The first-order chi connectivity index (χ1) is 16.9. The second-order valence-electron chi connectivity index (χ2n) is 9.58. The number of rotatable bonds is 7. The summed E-state index contributed by atoms with van der Waals surface area (Å²) in [5, 5.41) is 1.01. The first-order valence-electron chi connectivity index (χ1n) is 11.7. The number of benzene rings is 2. The van der Waals surface area contributed by atoms with Crippen LogP contribution < -0.4 is 0 Å². The molecule has 7 nitrogen and oxygen atoms in total. The van der Waals surface area contributed by atoms with Crippen molar-refractivity contribution in [3.63, 3.8) is 0 Å². The zero-order valence-corrected chi connectivity index (χ0v) is 22.5. The molecule has 0 unspecified atom stereocenters. The predicted octanol–water partition coefficient (Wildman–Crippen LogP) is 5.69. The van der Waals surface area contributed by atoms with Crippen LogP contribution in [0.3, 0.4) is 0 Å². The maximum atomic E-state index is 13.9. The Bertz CT molecular complexity index is 1100. The van der Waals surface area contributed by atoms with E-state index in [1.165, 1.54) is 12.0 Å². The molecule has 4 atom stereocenters. The third-order valence-corrected chi connectivity index (χ3v) is 6.28. The highest BCUT2D eigenvalue weighted by molar-refractivity contribution is 6.30. The molecular weight excluding hydrogens is 505 g/mol. The summed E-state index contributed by atoms with van der Waals surface area (Å²) < 4.78 is 16.8. The number of amides is 1. The average Bonchev–Trinajstić information content (AvgIpc) is 2.81. The number of halogens is 2. The van der Waals surface area contributed by atoms with Gasteiger partial charge in [0.25, 0.3) is 5.91 Å². The van der Waals surface area contributed by atoms with Crippen molar-refractivity contribution in [1.29, 1.82) is 0 Å². The predicted molar refractivity (Wildman–Crippen MR) is 137 cm³/mol. The Hall–Kier alpha value is -2.61. The van der Waals surface area contributed by atoms with E-state index in [0.717, 1.165) is 0 Å². The molecule has 0 radical (unpaired) electrons. The summed E-state index contributed by atoms with van der Waals surface area (Å²) in [5.41, 5.74) is 0.637. The van der Waals surface area contributed by atoms with Crippen molar-refractivity contribution in [3.05, 3.63) is 69.7 Å². The van der Waals surface area contributed by atoms with Crippen LogP contribution in [0.5, 0.6) is 0 Å². The molecule has 0 bridgehead atoms. The number of carbonyl (C=O) groups excluding carboxylic acids is 3. The molecule has 0 aromatic heterocycles. The van der Waals surface area contributed by atoms with E-state index in [0.29, 0.717) is 21.2 Å². The summed E-state index contributed by atoms with van der Waals surface area (Å²) in [5.74, 6) is -1.65. The van der Waals surface area contributed by atoms with Crippen molar-refractivity contribution in [2.24, 2.45) is 0 Å². The summed E-state index contributed by atoms with van der Waals surface area (Å²) in [7, 11) is 1.24. The van der Waals surface area contributed by atoms with Gasteiger partial charge in [0.2, 0.25) is 0 Å². The maximum Gasteiger partial charge on any atom is 0.329 e. The molecule has 3 rings (SSSR count). The van der Waals surface area contributed by atoms with Crippen molar-refractivity contribution in [2.45, 2.75) is 70.4 Å². The first-order valence-corrected chi connectivity index (χ1v) is 12.5. The minimum atomic E-state index is -1.17. The lowest BCUT2D eigenvalue weighted by atomic mass is 9.89. The molecule has 0 saturated carbocycles. The number of hydrogen-bond acceptors (Lipinski definition) is 6. The van der Waals surface area contributed by atoms with Crippen LogP contribution in [-0.4, -0.2) is 47.6 Å². The van der Waals surface area contributed by atoms with Gasteiger partial charge in [0, 0.05) is 10.0 Å². The summed E-state index contributed by atoms with van der Waals surface area (Å²) in [6.07, 6.45) is -1.92. The van der Waals surface area contributed by atoms with Crippen LogP contribution in [0.2, 0.25) is 10.0 Å². The zero-order chi connectivity index (χ0) is 26.6. The highest BCUT2D eigenvalue weighted by Gasteiger charge is 2.49. The number of nitrogens with zero attached hydrogens (tertiary/aromatic N) is 1. The van der Waals surface area contributed by atoms with E-state index in [-0.39, 0.29) is 12.8 Å². The molecule has 1 amide bonds. The summed E-state index contributed by atoms with van der Waals surface area (Å²) in [6, 6.07) is 12.4. The Morgan fingerprint density at radius 3 is 2.28 bits per heavy atom. The van der Waals surface area contributed by atoms with Gasteiger partial charge in [0.05, 0.1) is 19.6 Å². The molecule has 1 saturated heterocycles. The second-order valence-corrected chi connectivity index (χ2v) is 10.5. The largest absolute Gasteiger partial charge is 0.469 e. The lowest BCUT2D eigenvalue weighted by molar-refractivity contribution is -0.191. The molecule has 9 heteroatoms. The van der Waals surface area contributed by atoms with Crippen LogP contribution >= 0.6 is 23.2 Å². The van der Waals surface area contributed by atoms with Crippen molar-refractivity contribution in [3.8, 4) is 0 Å². The van der Waals surface area contributed by atoms with Gasteiger partial charge >= 0.3 is 11.9 Å². The highest BCUT2D eigenvalue weighted by Crippen LogP contribution is 2.45. The third kappa shape index (κ3) is 6.58. The Balaban J connectivity index is 2.19. The van der Waals surface area contributed by atoms with Gasteiger partial charge in [0.15, 0.2) is 0 Å². The van der Waals surface area contributed by atoms with Crippen molar-refractivity contribution in [1.82, 2.24) is 4.90 Å². The van der Waals surface area contributed by atoms with Crippen LogP contribution in [-0.2, 0) is 28.6 Å². The monoisotopic (exact) mass is 535 g/mol. The van der Waals surface area contributed by atoms with Crippen molar-refractivity contribution >= 4 is 41.0 Å². The van der Waals surface area contributed by atoms with Crippen molar-refractivity contribution < 1.29 is 28.6 Å². The molecule has 2 aromatic rings. The topological polar surface area (TPSA) is 82.1 Å². The van der Waals surface area contributed by atoms with E-state index in [9.17, 15) is 14.4 Å². The second kappa shape index (κ2) is 11.6. The van der Waals surface area contributed by atoms with E-state index in [1.54, 1.807) is 70.2 Å². The number of ether oxygens (including phenoxy) is 3. The molecule has 0 spiro atoms. The van der Waals surface area contributed by atoms with Crippen LogP contribution in [0.15, 0.2) is 48.5 Å². The minimum absolute atomic E-state index is 0.290. The number of esters is 2. The molecule has 0 N–H and O–H groups in total. The van der Waals surface area contributed by atoms with Gasteiger partial charge in [-0.15, -0.1) is 0 Å². The third-order valence-electron chi connectivity index (χ3n) is 5.80. The van der Waals surface area contributed by atoms with E-state index >= 15 is 0 Å².